The third-order valence-electron chi connectivity index (χ3n) is 2.72. The molecule has 1 N–H and O–H groups in total. The largest absolute Gasteiger partial charge is 0.507 e. The SMILES string of the molecule is O=C(OC(=O)c1c(F)c(F)c(F)c(F)c1F)c1ccccc1O. The summed E-state index contributed by atoms with van der Waals surface area (Å²) in [6.45, 7) is 0. The highest BCUT2D eigenvalue weighted by atomic mass is 19.2. The number of halogens is 5. The summed E-state index contributed by atoms with van der Waals surface area (Å²) in [4.78, 5) is 23.1. The highest BCUT2D eigenvalue weighted by Crippen LogP contribution is 2.24. The van der Waals surface area contributed by atoms with Gasteiger partial charge in [0.1, 0.15) is 16.9 Å². The molecule has 0 aromatic heterocycles. The molecule has 0 amide bonds. The van der Waals surface area contributed by atoms with Gasteiger partial charge in [0.2, 0.25) is 5.82 Å². The van der Waals surface area contributed by atoms with Crippen LogP contribution in [-0.4, -0.2) is 17.0 Å². The van der Waals surface area contributed by atoms with Gasteiger partial charge in [0, 0.05) is 0 Å². The van der Waals surface area contributed by atoms with E-state index in [4.69, 9.17) is 0 Å². The zero-order valence-corrected chi connectivity index (χ0v) is 10.9. The number of aromatic hydroxyl groups is 1. The fraction of sp³-hybridized carbons (Fsp3) is 0. The van der Waals surface area contributed by atoms with Crippen molar-refractivity contribution in [2.24, 2.45) is 0 Å². The normalized spacial score (nSPS) is 10.5. The fourth-order valence-corrected chi connectivity index (χ4v) is 1.62. The lowest BCUT2D eigenvalue weighted by atomic mass is 10.1. The zero-order chi connectivity index (χ0) is 17.3. The lowest BCUT2D eigenvalue weighted by Crippen LogP contribution is -2.18. The second-order valence-electron chi connectivity index (χ2n) is 4.14. The number of hydrogen-bond acceptors (Lipinski definition) is 4. The molecular weight excluding hydrogens is 327 g/mol. The summed E-state index contributed by atoms with van der Waals surface area (Å²) in [5.74, 6) is -16.3. The Bertz CT molecular complexity index is 790. The molecular formula is C14H5F5O4. The fourth-order valence-electron chi connectivity index (χ4n) is 1.62. The molecule has 0 saturated heterocycles. The van der Waals surface area contributed by atoms with Crippen molar-refractivity contribution in [2.75, 3.05) is 0 Å². The van der Waals surface area contributed by atoms with E-state index in [1.165, 1.54) is 12.1 Å². The molecule has 0 aliphatic heterocycles. The number of carbonyl (C=O) groups excluding carboxylic acids is 2. The average Bonchev–Trinajstić information content (AvgIpc) is 2.51. The van der Waals surface area contributed by atoms with Gasteiger partial charge in [0.05, 0.1) is 0 Å². The van der Waals surface area contributed by atoms with Crippen LogP contribution in [0.4, 0.5) is 22.0 Å². The predicted molar refractivity (Wildman–Crippen MR) is 64.1 cm³/mol. The number of carbonyl (C=O) groups is 2. The summed E-state index contributed by atoms with van der Waals surface area (Å²) in [6, 6.07) is 4.68. The van der Waals surface area contributed by atoms with Gasteiger partial charge in [-0.2, -0.15) is 0 Å². The van der Waals surface area contributed by atoms with Crippen LogP contribution in [0.5, 0.6) is 5.75 Å². The van der Waals surface area contributed by atoms with Gasteiger partial charge in [0.25, 0.3) is 0 Å². The molecule has 0 spiro atoms. The predicted octanol–water partition coefficient (Wildman–Crippen LogP) is 3.08. The molecule has 23 heavy (non-hydrogen) atoms. The number of esters is 2. The van der Waals surface area contributed by atoms with Gasteiger partial charge in [-0.15, -0.1) is 0 Å². The highest BCUT2D eigenvalue weighted by molar-refractivity contribution is 6.04. The molecule has 0 radical (unpaired) electrons. The molecule has 0 fully saturated rings. The molecule has 2 aromatic carbocycles. The van der Waals surface area contributed by atoms with Crippen molar-refractivity contribution in [2.45, 2.75) is 0 Å². The molecule has 2 aromatic rings. The average molecular weight is 332 g/mol. The molecule has 4 nitrogen and oxygen atoms in total. The Morgan fingerprint density at radius 3 is 1.78 bits per heavy atom. The minimum absolute atomic E-state index is 0.537. The van der Waals surface area contributed by atoms with E-state index in [0.29, 0.717) is 0 Å². The van der Waals surface area contributed by atoms with E-state index in [0.717, 1.165) is 12.1 Å². The van der Waals surface area contributed by atoms with E-state index >= 15 is 0 Å². The summed E-state index contributed by atoms with van der Waals surface area (Å²) in [5.41, 5.74) is -2.45. The van der Waals surface area contributed by atoms with E-state index in [9.17, 15) is 36.6 Å². The summed E-state index contributed by atoms with van der Waals surface area (Å²) >= 11 is 0. The molecule has 0 heterocycles. The Balaban J connectivity index is 2.40. The summed E-state index contributed by atoms with van der Waals surface area (Å²) in [7, 11) is 0. The third kappa shape index (κ3) is 2.85. The van der Waals surface area contributed by atoms with Crippen LogP contribution in [-0.2, 0) is 4.74 Å². The van der Waals surface area contributed by atoms with Gasteiger partial charge in [-0.05, 0) is 12.1 Å². The monoisotopic (exact) mass is 332 g/mol. The van der Waals surface area contributed by atoms with Crippen LogP contribution < -0.4 is 0 Å². The standard InChI is InChI=1S/C14H5F5O4/c15-8-7(9(16)11(18)12(19)10(8)17)14(22)23-13(21)5-3-1-2-4-6(5)20/h1-4,20H. The second kappa shape index (κ2) is 6.03. The minimum Gasteiger partial charge on any atom is -0.507 e. The maximum absolute atomic E-state index is 13.4. The van der Waals surface area contributed by atoms with Crippen molar-refractivity contribution in [3.63, 3.8) is 0 Å². The molecule has 2 rings (SSSR count). The molecule has 120 valence electrons. The van der Waals surface area contributed by atoms with Gasteiger partial charge >= 0.3 is 11.9 Å². The van der Waals surface area contributed by atoms with Crippen molar-refractivity contribution in [3.05, 3.63) is 64.5 Å². The van der Waals surface area contributed by atoms with Crippen molar-refractivity contribution in [3.8, 4) is 5.75 Å². The number of phenols is 1. The van der Waals surface area contributed by atoms with E-state index in [-0.39, 0.29) is 0 Å². The number of hydrogen-bond donors (Lipinski definition) is 1. The molecule has 0 bridgehead atoms. The van der Waals surface area contributed by atoms with E-state index in [1.807, 2.05) is 0 Å². The van der Waals surface area contributed by atoms with Gasteiger partial charge in [-0.25, -0.2) is 31.5 Å². The number of para-hydroxylation sites is 1. The quantitative estimate of drug-likeness (QED) is 0.302. The molecule has 0 aliphatic carbocycles. The molecule has 0 unspecified atom stereocenters. The van der Waals surface area contributed by atoms with Crippen LogP contribution in [0.3, 0.4) is 0 Å². The lowest BCUT2D eigenvalue weighted by molar-refractivity contribution is 0.0387. The Kier molecular flexibility index (Phi) is 4.30. The summed E-state index contributed by atoms with van der Waals surface area (Å²) < 4.78 is 69.7. The maximum Gasteiger partial charge on any atom is 0.352 e. The van der Waals surface area contributed by atoms with Crippen LogP contribution >= 0.6 is 0 Å². The van der Waals surface area contributed by atoms with Gasteiger partial charge in [-0.1, -0.05) is 12.1 Å². The molecule has 0 atom stereocenters. The number of ether oxygens (including phenoxy) is 1. The maximum atomic E-state index is 13.4. The number of rotatable bonds is 2. The van der Waals surface area contributed by atoms with Crippen LogP contribution in [0.2, 0.25) is 0 Å². The number of phenolic OH excluding ortho intramolecular Hbond substituents is 1. The molecule has 0 saturated carbocycles. The van der Waals surface area contributed by atoms with Crippen molar-refractivity contribution >= 4 is 11.9 Å². The Morgan fingerprint density at radius 1 is 0.783 bits per heavy atom. The van der Waals surface area contributed by atoms with Crippen LogP contribution in [0.15, 0.2) is 24.3 Å². The number of benzene rings is 2. The molecule has 9 heteroatoms. The van der Waals surface area contributed by atoms with E-state index < -0.39 is 57.9 Å². The first kappa shape index (κ1) is 16.4. The van der Waals surface area contributed by atoms with Crippen LogP contribution in [0, 0.1) is 29.1 Å². The van der Waals surface area contributed by atoms with E-state index in [2.05, 4.69) is 4.74 Å². The Hall–Kier alpha value is -2.97. The highest BCUT2D eigenvalue weighted by Gasteiger charge is 2.32. The van der Waals surface area contributed by atoms with Crippen molar-refractivity contribution in [1.82, 2.24) is 0 Å². The smallest absolute Gasteiger partial charge is 0.352 e. The zero-order valence-electron chi connectivity index (χ0n) is 10.9. The first-order chi connectivity index (χ1) is 10.8. The van der Waals surface area contributed by atoms with Gasteiger partial charge in [-0.3, -0.25) is 0 Å². The van der Waals surface area contributed by atoms with Crippen molar-refractivity contribution < 1.29 is 41.4 Å². The molecule has 0 aliphatic rings. The van der Waals surface area contributed by atoms with Gasteiger partial charge in [0.15, 0.2) is 23.3 Å². The second-order valence-corrected chi connectivity index (χ2v) is 4.14. The van der Waals surface area contributed by atoms with Gasteiger partial charge < -0.3 is 9.84 Å². The summed E-state index contributed by atoms with van der Waals surface area (Å²) in [5, 5.41) is 9.37. The van der Waals surface area contributed by atoms with Crippen LogP contribution in [0.25, 0.3) is 0 Å². The summed E-state index contributed by atoms with van der Waals surface area (Å²) in [6.07, 6.45) is 0. The van der Waals surface area contributed by atoms with Crippen LogP contribution in [0.1, 0.15) is 20.7 Å². The van der Waals surface area contributed by atoms with Crippen molar-refractivity contribution in [1.29, 1.82) is 0 Å². The Labute approximate surface area is 124 Å². The lowest BCUT2D eigenvalue weighted by Gasteiger charge is -2.08. The first-order valence-corrected chi connectivity index (χ1v) is 5.81. The topological polar surface area (TPSA) is 63.6 Å². The Morgan fingerprint density at radius 2 is 1.26 bits per heavy atom. The van der Waals surface area contributed by atoms with E-state index in [1.54, 1.807) is 0 Å². The first-order valence-electron chi connectivity index (χ1n) is 5.81. The minimum atomic E-state index is -2.46. The third-order valence-corrected chi connectivity index (χ3v) is 2.72.